The van der Waals surface area contributed by atoms with E-state index in [-0.39, 0.29) is 0 Å². The number of fused-ring (bicyclic) bond motifs is 1. The highest BCUT2D eigenvalue weighted by Gasteiger charge is 2.36. The summed E-state index contributed by atoms with van der Waals surface area (Å²) in [7, 11) is 0. The van der Waals surface area contributed by atoms with E-state index in [1.807, 2.05) is 36.4 Å². The summed E-state index contributed by atoms with van der Waals surface area (Å²) < 4.78 is 5.50. The van der Waals surface area contributed by atoms with Crippen LogP contribution in [0.3, 0.4) is 0 Å². The van der Waals surface area contributed by atoms with Gasteiger partial charge < -0.3 is 20.7 Å². The van der Waals surface area contributed by atoms with Gasteiger partial charge in [-0.1, -0.05) is 60.7 Å². The average Bonchev–Trinajstić information content (AvgIpc) is 2.85. The minimum Gasteiger partial charge on any atom is -0.383 e. The lowest BCUT2D eigenvalue weighted by molar-refractivity contribution is 0.122. The van der Waals surface area contributed by atoms with Crippen molar-refractivity contribution in [2.45, 2.75) is 12.5 Å². The third kappa shape index (κ3) is 3.37. The van der Waals surface area contributed by atoms with Gasteiger partial charge in [0, 0.05) is 18.7 Å². The molecule has 2 aliphatic heterocycles. The number of aromatic nitrogens is 1. The third-order valence-corrected chi connectivity index (χ3v) is 6.17. The molecule has 3 aromatic rings. The number of ether oxygens (including phenoxy) is 1. The van der Waals surface area contributed by atoms with Crippen molar-refractivity contribution in [3.05, 3.63) is 89.0 Å². The van der Waals surface area contributed by atoms with Crippen LogP contribution in [0.2, 0.25) is 0 Å². The molecule has 5 rings (SSSR count). The van der Waals surface area contributed by atoms with E-state index < -0.39 is 5.54 Å². The van der Waals surface area contributed by atoms with Gasteiger partial charge in [-0.05, 0) is 29.7 Å². The normalized spacial score (nSPS) is 20.0. The number of anilines is 3. The number of nitrogen functional groups attached to an aromatic ring is 1. The standard InChI is InChI=1S/C26H25N5O/c1-26(19-10-6-3-7-11-19)16-20(18-8-4-2-5-9-18)22-23(30-26)21(17-27)25(29-24(22)28)31-12-14-32-15-13-31/h2-11,16,30H,12-15H2,1H3,(H2,28,29). The van der Waals surface area contributed by atoms with Crippen LogP contribution in [0.5, 0.6) is 0 Å². The predicted molar refractivity (Wildman–Crippen MR) is 127 cm³/mol. The molecule has 160 valence electrons. The van der Waals surface area contributed by atoms with E-state index in [4.69, 9.17) is 15.5 Å². The minimum atomic E-state index is -0.527. The molecule has 3 N–H and O–H groups in total. The Kier molecular flexibility index (Phi) is 5.04. The maximum absolute atomic E-state index is 10.2. The van der Waals surface area contributed by atoms with Gasteiger partial charge in [0.15, 0.2) is 5.82 Å². The third-order valence-electron chi connectivity index (χ3n) is 6.17. The topological polar surface area (TPSA) is 87.2 Å². The summed E-state index contributed by atoms with van der Waals surface area (Å²) in [5, 5.41) is 13.9. The molecule has 1 aromatic heterocycles. The zero-order chi connectivity index (χ0) is 22.1. The zero-order valence-electron chi connectivity index (χ0n) is 18.0. The maximum atomic E-state index is 10.2. The maximum Gasteiger partial charge on any atom is 0.151 e. The molecular formula is C26H25N5O. The van der Waals surface area contributed by atoms with Crippen LogP contribution in [0, 0.1) is 11.3 Å². The quantitative estimate of drug-likeness (QED) is 0.658. The molecule has 0 amide bonds. The van der Waals surface area contributed by atoms with Crippen molar-refractivity contribution in [1.29, 1.82) is 5.26 Å². The number of rotatable bonds is 3. The first kappa shape index (κ1) is 20.1. The zero-order valence-corrected chi connectivity index (χ0v) is 18.0. The van der Waals surface area contributed by atoms with E-state index in [1.165, 1.54) is 0 Å². The largest absolute Gasteiger partial charge is 0.383 e. The molecule has 32 heavy (non-hydrogen) atoms. The number of nitrogens with zero attached hydrogens (tertiary/aromatic N) is 3. The first-order valence-electron chi connectivity index (χ1n) is 10.8. The van der Waals surface area contributed by atoms with Gasteiger partial charge in [0.05, 0.1) is 24.4 Å². The van der Waals surface area contributed by atoms with Gasteiger partial charge in [-0.2, -0.15) is 5.26 Å². The van der Waals surface area contributed by atoms with Crippen LogP contribution in [0.1, 0.15) is 29.2 Å². The number of morpholine rings is 1. The van der Waals surface area contributed by atoms with E-state index >= 15 is 0 Å². The second-order valence-corrected chi connectivity index (χ2v) is 8.27. The van der Waals surface area contributed by atoms with Gasteiger partial charge in [-0.25, -0.2) is 4.98 Å². The molecule has 0 radical (unpaired) electrons. The molecular weight excluding hydrogens is 398 g/mol. The van der Waals surface area contributed by atoms with Crippen LogP contribution >= 0.6 is 0 Å². The molecule has 3 heterocycles. The monoisotopic (exact) mass is 423 g/mol. The number of hydrogen-bond acceptors (Lipinski definition) is 6. The number of benzene rings is 2. The average molecular weight is 424 g/mol. The van der Waals surface area contributed by atoms with E-state index in [0.717, 1.165) is 28.0 Å². The highest BCUT2D eigenvalue weighted by Crippen LogP contribution is 2.47. The molecule has 6 nitrogen and oxygen atoms in total. The molecule has 0 bridgehead atoms. The molecule has 2 aliphatic rings. The summed E-state index contributed by atoms with van der Waals surface area (Å²) in [6, 6.07) is 22.8. The van der Waals surface area contributed by atoms with E-state index in [1.54, 1.807) is 0 Å². The highest BCUT2D eigenvalue weighted by molar-refractivity contribution is 5.97. The van der Waals surface area contributed by atoms with Gasteiger partial charge in [0.25, 0.3) is 0 Å². The molecule has 1 atom stereocenters. The number of nitriles is 1. The molecule has 0 saturated carbocycles. The van der Waals surface area contributed by atoms with E-state index in [0.29, 0.717) is 43.5 Å². The van der Waals surface area contributed by atoms with Crippen molar-refractivity contribution in [2.75, 3.05) is 42.3 Å². The van der Waals surface area contributed by atoms with Crippen molar-refractivity contribution in [3.8, 4) is 6.07 Å². The molecule has 2 aromatic carbocycles. The van der Waals surface area contributed by atoms with Crippen molar-refractivity contribution in [2.24, 2.45) is 0 Å². The van der Waals surface area contributed by atoms with Crippen molar-refractivity contribution >= 4 is 22.9 Å². The second kappa shape index (κ2) is 8.03. The molecule has 1 fully saturated rings. The summed E-state index contributed by atoms with van der Waals surface area (Å²) in [5.74, 6) is 1.03. The van der Waals surface area contributed by atoms with Gasteiger partial charge in [0.2, 0.25) is 0 Å². The summed E-state index contributed by atoms with van der Waals surface area (Å²) in [6.07, 6.45) is 2.19. The van der Waals surface area contributed by atoms with E-state index in [2.05, 4.69) is 53.6 Å². The van der Waals surface area contributed by atoms with Gasteiger partial charge in [-0.15, -0.1) is 0 Å². The van der Waals surface area contributed by atoms with Crippen molar-refractivity contribution in [3.63, 3.8) is 0 Å². The summed E-state index contributed by atoms with van der Waals surface area (Å²) in [6.45, 7) is 4.69. The lowest BCUT2D eigenvalue weighted by atomic mass is 9.81. The number of hydrogen-bond donors (Lipinski definition) is 2. The summed E-state index contributed by atoms with van der Waals surface area (Å²) in [4.78, 5) is 6.81. The lowest BCUT2D eigenvalue weighted by Gasteiger charge is -2.38. The van der Waals surface area contributed by atoms with Crippen LogP contribution in [0.15, 0.2) is 66.7 Å². The molecule has 0 spiro atoms. The highest BCUT2D eigenvalue weighted by atomic mass is 16.5. The fourth-order valence-electron chi connectivity index (χ4n) is 4.54. The Labute approximate surface area is 188 Å². The molecule has 1 unspecified atom stereocenters. The minimum absolute atomic E-state index is 0.415. The van der Waals surface area contributed by atoms with Crippen LogP contribution in [-0.2, 0) is 10.3 Å². The van der Waals surface area contributed by atoms with Crippen LogP contribution in [0.25, 0.3) is 5.57 Å². The Hall–Kier alpha value is -3.82. The predicted octanol–water partition coefficient (Wildman–Crippen LogP) is 4.14. The van der Waals surface area contributed by atoms with Crippen molar-refractivity contribution < 1.29 is 4.74 Å². The van der Waals surface area contributed by atoms with Crippen LogP contribution < -0.4 is 16.0 Å². The number of pyridine rings is 1. The Balaban J connectivity index is 1.76. The van der Waals surface area contributed by atoms with Gasteiger partial charge in [-0.3, -0.25) is 0 Å². The molecule has 0 aliphatic carbocycles. The van der Waals surface area contributed by atoms with Gasteiger partial charge in [0.1, 0.15) is 17.5 Å². The van der Waals surface area contributed by atoms with E-state index in [9.17, 15) is 5.26 Å². The van der Waals surface area contributed by atoms with Crippen LogP contribution in [0.4, 0.5) is 17.3 Å². The number of nitrogens with one attached hydrogen (secondary N) is 1. The van der Waals surface area contributed by atoms with Gasteiger partial charge >= 0.3 is 0 Å². The Morgan fingerprint density at radius 3 is 2.38 bits per heavy atom. The first-order valence-corrected chi connectivity index (χ1v) is 10.8. The summed E-state index contributed by atoms with van der Waals surface area (Å²) >= 11 is 0. The number of nitrogens with two attached hydrogens (primary N) is 1. The molecule has 1 saturated heterocycles. The fourth-order valence-corrected chi connectivity index (χ4v) is 4.54. The Morgan fingerprint density at radius 1 is 1.06 bits per heavy atom. The summed E-state index contributed by atoms with van der Waals surface area (Å²) in [5.41, 5.74) is 11.2. The van der Waals surface area contributed by atoms with Crippen molar-refractivity contribution in [1.82, 2.24) is 4.98 Å². The van der Waals surface area contributed by atoms with Crippen LogP contribution in [-0.4, -0.2) is 31.3 Å². The Morgan fingerprint density at radius 2 is 1.72 bits per heavy atom. The smallest absolute Gasteiger partial charge is 0.151 e. The molecule has 6 heteroatoms. The first-order chi connectivity index (χ1) is 15.6. The lowest BCUT2D eigenvalue weighted by Crippen LogP contribution is -2.38. The SMILES string of the molecule is CC1(c2ccccc2)C=C(c2ccccc2)c2c(N)nc(N3CCOCC3)c(C#N)c2N1. The fraction of sp³-hybridized carbons (Fsp3) is 0.231. The Bertz CT molecular complexity index is 1210. The second-order valence-electron chi connectivity index (χ2n) is 8.27.